The molecule has 0 amide bonds. The van der Waals surface area contributed by atoms with E-state index in [4.69, 9.17) is 10.5 Å². The van der Waals surface area contributed by atoms with Crippen LogP contribution in [0.4, 0.5) is 5.95 Å². The molecule has 0 spiro atoms. The highest BCUT2D eigenvalue weighted by Gasteiger charge is 2.11. The average Bonchev–Trinajstić information content (AvgIpc) is 2.94. The SMILES string of the molecule is COc1ccc2nc(N)n(Cc3nncn3C)c2c1. The van der Waals surface area contributed by atoms with Crippen molar-refractivity contribution in [1.29, 1.82) is 0 Å². The lowest BCUT2D eigenvalue weighted by molar-refractivity contribution is 0.415. The van der Waals surface area contributed by atoms with Crippen molar-refractivity contribution in [3.8, 4) is 5.75 Å². The topological polar surface area (TPSA) is 83.8 Å². The molecule has 2 aromatic heterocycles. The molecule has 0 aliphatic rings. The highest BCUT2D eigenvalue weighted by atomic mass is 16.5. The summed E-state index contributed by atoms with van der Waals surface area (Å²) in [6.07, 6.45) is 1.66. The van der Waals surface area contributed by atoms with Crippen molar-refractivity contribution in [1.82, 2.24) is 24.3 Å². The zero-order valence-corrected chi connectivity index (χ0v) is 10.7. The Morgan fingerprint density at radius 1 is 1.37 bits per heavy atom. The number of methoxy groups -OCH3 is 1. The van der Waals surface area contributed by atoms with Crippen LogP contribution in [0.3, 0.4) is 0 Å². The molecule has 0 atom stereocenters. The number of imidazole rings is 1. The number of ether oxygens (including phenoxy) is 1. The molecular weight excluding hydrogens is 244 g/mol. The highest BCUT2D eigenvalue weighted by molar-refractivity contribution is 5.80. The number of hydrogen-bond donors (Lipinski definition) is 1. The van der Waals surface area contributed by atoms with E-state index in [1.54, 1.807) is 13.4 Å². The van der Waals surface area contributed by atoms with Crippen LogP contribution in [0.5, 0.6) is 5.75 Å². The largest absolute Gasteiger partial charge is 0.497 e. The van der Waals surface area contributed by atoms with E-state index >= 15 is 0 Å². The van der Waals surface area contributed by atoms with Crippen molar-refractivity contribution in [2.75, 3.05) is 12.8 Å². The minimum absolute atomic E-state index is 0.450. The number of hydrogen-bond acceptors (Lipinski definition) is 5. The summed E-state index contributed by atoms with van der Waals surface area (Å²) in [4.78, 5) is 4.33. The molecule has 98 valence electrons. The first kappa shape index (κ1) is 11.5. The monoisotopic (exact) mass is 258 g/mol. The van der Waals surface area contributed by atoms with Crippen LogP contribution in [0.2, 0.25) is 0 Å². The summed E-state index contributed by atoms with van der Waals surface area (Å²) in [6.45, 7) is 0.520. The first-order valence-corrected chi connectivity index (χ1v) is 5.81. The van der Waals surface area contributed by atoms with Gasteiger partial charge in [0.2, 0.25) is 5.95 Å². The number of benzene rings is 1. The maximum atomic E-state index is 5.97. The molecular formula is C12H14N6O. The lowest BCUT2D eigenvalue weighted by Crippen LogP contribution is -2.08. The van der Waals surface area contributed by atoms with Crippen molar-refractivity contribution in [2.24, 2.45) is 7.05 Å². The van der Waals surface area contributed by atoms with Gasteiger partial charge in [-0.05, 0) is 12.1 Å². The molecule has 0 bridgehead atoms. The third kappa shape index (κ3) is 1.88. The molecule has 0 unspecified atom stereocenters. The maximum Gasteiger partial charge on any atom is 0.201 e. The molecule has 0 aliphatic heterocycles. The standard InChI is InChI=1S/C12H14N6O/c1-17-7-14-16-11(17)6-18-10-5-8(19-2)3-4-9(10)15-12(18)13/h3-5,7H,6H2,1-2H3,(H2,13,15). The summed E-state index contributed by atoms with van der Waals surface area (Å²) in [6, 6.07) is 5.66. The second kappa shape index (κ2) is 4.27. The normalized spacial score (nSPS) is 11.1. The predicted molar refractivity (Wildman–Crippen MR) is 70.8 cm³/mol. The first-order valence-electron chi connectivity index (χ1n) is 5.81. The van der Waals surface area contributed by atoms with Crippen molar-refractivity contribution in [3.63, 3.8) is 0 Å². The van der Waals surface area contributed by atoms with Crippen LogP contribution < -0.4 is 10.5 Å². The van der Waals surface area contributed by atoms with E-state index in [9.17, 15) is 0 Å². The Kier molecular flexibility index (Phi) is 2.59. The molecule has 0 saturated heterocycles. The lowest BCUT2D eigenvalue weighted by atomic mass is 10.3. The summed E-state index contributed by atoms with van der Waals surface area (Å²) >= 11 is 0. The summed E-state index contributed by atoms with van der Waals surface area (Å²) in [5.74, 6) is 2.03. The van der Waals surface area contributed by atoms with Crippen molar-refractivity contribution in [3.05, 3.63) is 30.4 Å². The van der Waals surface area contributed by atoms with Gasteiger partial charge in [-0.15, -0.1) is 10.2 Å². The van der Waals surface area contributed by atoms with Gasteiger partial charge in [0.15, 0.2) is 5.82 Å². The van der Waals surface area contributed by atoms with Gasteiger partial charge in [0.1, 0.15) is 12.1 Å². The number of nitrogen functional groups attached to an aromatic ring is 1. The van der Waals surface area contributed by atoms with Gasteiger partial charge < -0.3 is 19.6 Å². The zero-order chi connectivity index (χ0) is 13.4. The number of aryl methyl sites for hydroxylation is 1. The van der Waals surface area contributed by atoms with E-state index in [1.165, 1.54) is 0 Å². The van der Waals surface area contributed by atoms with Crippen LogP contribution >= 0.6 is 0 Å². The van der Waals surface area contributed by atoms with Gasteiger partial charge in [0.25, 0.3) is 0 Å². The number of aromatic nitrogens is 5. The van der Waals surface area contributed by atoms with Crippen molar-refractivity contribution in [2.45, 2.75) is 6.54 Å². The number of rotatable bonds is 3. The summed E-state index contributed by atoms with van der Waals surface area (Å²) in [7, 11) is 3.53. The second-order valence-corrected chi connectivity index (χ2v) is 4.27. The molecule has 2 N–H and O–H groups in total. The van der Waals surface area contributed by atoms with E-state index in [1.807, 2.05) is 34.4 Å². The molecule has 0 aliphatic carbocycles. The number of fused-ring (bicyclic) bond motifs is 1. The minimum Gasteiger partial charge on any atom is -0.497 e. The van der Waals surface area contributed by atoms with Crippen LogP contribution in [-0.2, 0) is 13.6 Å². The van der Waals surface area contributed by atoms with Gasteiger partial charge in [-0.3, -0.25) is 0 Å². The van der Waals surface area contributed by atoms with E-state index in [2.05, 4.69) is 15.2 Å². The Balaban J connectivity index is 2.11. The number of nitrogens with zero attached hydrogens (tertiary/aromatic N) is 5. The fourth-order valence-electron chi connectivity index (χ4n) is 2.01. The molecule has 19 heavy (non-hydrogen) atoms. The zero-order valence-electron chi connectivity index (χ0n) is 10.7. The molecule has 1 aromatic carbocycles. The highest BCUT2D eigenvalue weighted by Crippen LogP contribution is 2.23. The van der Waals surface area contributed by atoms with Crippen molar-refractivity contribution >= 4 is 17.0 Å². The third-order valence-corrected chi connectivity index (χ3v) is 3.09. The van der Waals surface area contributed by atoms with E-state index in [0.29, 0.717) is 12.5 Å². The van der Waals surface area contributed by atoms with E-state index in [0.717, 1.165) is 22.6 Å². The Labute approximate surface area is 109 Å². The van der Waals surface area contributed by atoms with Gasteiger partial charge >= 0.3 is 0 Å². The fourth-order valence-corrected chi connectivity index (χ4v) is 2.01. The van der Waals surface area contributed by atoms with Crippen molar-refractivity contribution < 1.29 is 4.74 Å². The molecule has 0 saturated carbocycles. The molecule has 7 heteroatoms. The summed E-state index contributed by atoms with van der Waals surface area (Å²) < 4.78 is 8.97. The molecule has 0 radical (unpaired) electrons. The molecule has 7 nitrogen and oxygen atoms in total. The van der Waals surface area contributed by atoms with E-state index < -0.39 is 0 Å². The third-order valence-electron chi connectivity index (χ3n) is 3.09. The quantitative estimate of drug-likeness (QED) is 0.751. The number of nitrogens with two attached hydrogens (primary N) is 1. The molecule has 2 heterocycles. The number of anilines is 1. The molecule has 3 rings (SSSR count). The van der Waals surface area contributed by atoms with Crippen LogP contribution in [0.25, 0.3) is 11.0 Å². The average molecular weight is 258 g/mol. The smallest absolute Gasteiger partial charge is 0.201 e. The Morgan fingerprint density at radius 3 is 2.89 bits per heavy atom. The van der Waals surface area contributed by atoms with Gasteiger partial charge in [-0.2, -0.15) is 0 Å². The Bertz CT molecular complexity index is 729. The van der Waals surface area contributed by atoms with E-state index in [-0.39, 0.29) is 0 Å². The van der Waals surface area contributed by atoms with Gasteiger partial charge in [0, 0.05) is 13.1 Å². The van der Waals surface area contributed by atoms with Crippen LogP contribution in [0, 0.1) is 0 Å². The summed E-state index contributed by atoms with van der Waals surface area (Å²) in [5.41, 5.74) is 7.72. The van der Waals surface area contributed by atoms with Crippen LogP contribution in [0.1, 0.15) is 5.82 Å². The van der Waals surface area contributed by atoms with Gasteiger partial charge in [0.05, 0.1) is 24.7 Å². The second-order valence-electron chi connectivity index (χ2n) is 4.27. The Morgan fingerprint density at radius 2 is 2.21 bits per heavy atom. The van der Waals surface area contributed by atoms with Crippen LogP contribution in [0.15, 0.2) is 24.5 Å². The lowest BCUT2D eigenvalue weighted by Gasteiger charge is -2.06. The molecule has 0 fully saturated rings. The first-order chi connectivity index (χ1) is 9.19. The minimum atomic E-state index is 0.450. The van der Waals surface area contributed by atoms with Gasteiger partial charge in [-0.25, -0.2) is 4.98 Å². The molecule has 3 aromatic rings. The maximum absolute atomic E-state index is 5.97. The van der Waals surface area contributed by atoms with Gasteiger partial charge in [-0.1, -0.05) is 0 Å². The summed E-state index contributed by atoms with van der Waals surface area (Å²) in [5, 5.41) is 7.92. The van der Waals surface area contributed by atoms with Crippen LogP contribution in [-0.4, -0.2) is 31.4 Å². The Hall–Kier alpha value is -2.57. The fraction of sp³-hybridized carbons (Fsp3) is 0.250. The predicted octanol–water partition coefficient (Wildman–Crippen LogP) is 0.804.